The molecule has 0 fully saturated rings. The minimum absolute atomic E-state index is 0.0468. The zero-order valence-electron chi connectivity index (χ0n) is 10.2. The van der Waals surface area contributed by atoms with Crippen molar-refractivity contribution in [2.24, 2.45) is 5.73 Å². The van der Waals surface area contributed by atoms with Crippen LogP contribution in [0.15, 0.2) is 24.3 Å². The van der Waals surface area contributed by atoms with Gasteiger partial charge in [-0.05, 0) is 30.4 Å². The van der Waals surface area contributed by atoms with E-state index in [1.807, 2.05) is 0 Å². The van der Waals surface area contributed by atoms with E-state index in [1.165, 1.54) is 11.1 Å². The van der Waals surface area contributed by atoms with Crippen molar-refractivity contribution >= 4 is 0 Å². The van der Waals surface area contributed by atoms with Gasteiger partial charge in [-0.2, -0.15) is 0 Å². The summed E-state index contributed by atoms with van der Waals surface area (Å²) in [5.74, 6) is 2.66. The molecule has 3 N–H and O–H groups in total. The van der Waals surface area contributed by atoms with Crippen LogP contribution in [0, 0.1) is 12.3 Å². The van der Waals surface area contributed by atoms with Gasteiger partial charge in [-0.3, -0.25) is 0 Å². The van der Waals surface area contributed by atoms with Crippen LogP contribution in [-0.4, -0.2) is 18.6 Å². The molecule has 2 nitrogen and oxygen atoms in total. The molecule has 0 spiro atoms. The van der Waals surface area contributed by atoms with E-state index in [0.29, 0.717) is 6.54 Å². The fraction of sp³-hybridized carbons (Fsp3) is 0.467. The smallest absolute Gasteiger partial charge is 0.0348 e. The van der Waals surface area contributed by atoms with Crippen molar-refractivity contribution in [2.75, 3.05) is 13.1 Å². The van der Waals surface area contributed by atoms with Crippen molar-refractivity contribution in [3.8, 4) is 12.3 Å². The molecule has 1 aromatic carbocycles. The van der Waals surface area contributed by atoms with Crippen molar-refractivity contribution < 1.29 is 0 Å². The van der Waals surface area contributed by atoms with E-state index in [2.05, 4.69) is 35.5 Å². The van der Waals surface area contributed by atoms with Gasteiger partial charge in [0, 0.05) is 25.0 Å². The first-order valence-electron chi connectivity index (χ1n) is 6.25. The molecule has 2 rings (SSSR count). The Morgan fingerprint density at radius 2 is 2.12 bits per heavy atom. The number of rotatable bonds is 4. The number of fused-ring (bicyclic) bond motifs is 1. The van der Waals surface area contributed by atoms with Crippen LogP contribution >= 0.6 is 0 Å². The molecule has 2 heteroatoms. The summed E-state index contributed by atoms with van der Waals surface area (Å²) >= 11 is 0. The van der Waals surface area contributed by atoms with Crippen LogP contribution in [0.1, 0.15) is 24.0 Å². The van der Waals surface area contributed by atoms with Gasteiger partial charge in [-0.15, -0.1) is 12.3 Å². The van der Waals surface area contributed by atoms with Crippen molar-refractivity contribution in [3.63, 3.8) is 0 Å². The lowest BCUT2D eigenvalue weighted by atomic mass is 9.78. The third-order valence-corrected chi connectivity index (χ3v) is 3.68. The van der Waals surface area contributed by atoms with Crippen LogP contribution < -0.4 is 11.1 Å². The lowest BCUT2D eigenvalue weighted by Crippen LogP contribution is -2.55. The Morgan fingerprint density at radius 3 is 2.82 bits per heavy atom. The topological polar surface area (TPSA) is 38.0 Å². The van der Waals surface area contributed by atoms with Gasteiger partial charge in [0.25, 0.3) is 0 Å². The second-order valence-electron chi connectivity index (χ2n) is 4.81. The van der Waals surface area contributed by atoms with Crippen LogP contribution in [-0.2, 0) is 12.8 Å². The van der Waals surface area contributed by atoms with Crippen molar-refractivity contribution in [2.45, 2.75) is 31.2 Å². The van der Waals surface area contributed by atoms with Gasteiger partial charge in [-0.1, -0.05) is 24.3 Å². The summed E-state index contributed by atoms with van der Waals surface area (Å²) in [7, 11) is 0. The zero-order chi connectivity index (χ0) is 12.1. The van der Waals surface area contributed by atoms with Crippen LogP contribution in [0.4, 0.5) is 0 Å². The van der Waals surface area contributed by atoms with Gasteiger partial charge in [0.2, 0.25) is 0 Å². The van der Waals surface area contributed by atoms with Crippen molar-refractivity contribution in [3.05, 3.63) is 35.4 Å². The zero-order valence-corrected chi connectivity index (χ0v) is 10.2. The predicted octanol–water partition coefficient (Wildman–Crippen LogP) is 1.49. The molecule has 0 saturated carbocycles. The van der Waals surface area contributed by atoms with Crippen molar-refractivity contribution in [1.82, 2.24) is 5.32 Å². The van der Waals surface area contributed by atoms with Gasteiger partial charge in [0.1, 0.15) is 0 Å². The molecule has 1 aromatic rings. The van der Waals surface area contributed by atoms with Crippen LogP contribution in [0.25, 0.3) is 0 Å². The molecule has 0 aromatic heterocycles. The Kier molecular flexibility index (Phi) is 3.83. The highest BCUT2D eigenvalue weighted by atomic mass is 15.0. The maximum Gasteiger partial charge on any atom is 0.0348 e. The minimum atomic E-state index is 0.0468. The first-order valence-corrected chi connectivity index (χ1v) is 6.25. The largest absolute Gasteiger partial charge is 0.329 e. The van der Waals surface area contributed by atoms with Gasteiger partial charge in [-0.25, -0.2) is 0 Å². The summed E-state index contributed by atoms with van der Waals surface area (Å²) < 4.78 is 0. The third-order valence-electron chi connectivity index (χ3n) is 3.68. The lowest BCUT2D eigenvalue weighted by Gasteiger charge is -2.38. The van der Waals surface area contributed by atoms with Crippen LogP contribution in [0.2, 0.25) is 0 Å². The molecule has 0 heterocycles. The number of nitrogens with one attached hydrogen (secondary N) is 1. The van der Waals surface area contributed by atoms with E-state index in [4.69, 9.17) is 12.2 Å². The number of hydrogen-bond donors (Lipinski definition) is 2. The number of aryl methyl sites for hydroxylation is 1. The third kappa shape index (κ3) is 2.69. The lowest BCUT2D eigenvalue weighted by molar-refractivity contribution is 0.297. The predicted molar refractivity (Wildman–Crippen MR) is 71.7 cm³/mol. The number of benzene rings is 1. The molecular weight excluding hydrogens is 208 g/mol. The van der Waals surface area contributed by atoms with Gasteiger partial charge >= 0.3 is 0 Å². The highest BCUT2D eigenvalue weighted by Crippen LogP contribution is 2.28. The Morgan fingerprint density at radius 1 is 1.35 bits per heavy atom. The van der Waals surface area contributed by atoms with Gasteiger partial charge in [0.05, 0.1) is 0 Å². The molecule has 1 atom stereocenters. The molecular formula is C15H20N2. The molecule has 0 amide bonds. The van der Waals surface area contributed by atoms with Crippen LogP contribution in [0.3, 0.4) is 0 Å². The second kappa shape index (κ2) is 5.35. The Hall–Kier alpha value is -1.30. The summed E-state index contributed by atoms with van der Waals surface area (Å²) in [6.07, 6.45) is 9.28. The molecule has 0 aliphatic heterocycles. The van der Waals surface area contributed by atoms with Crippen molar-refractivity contribution in [1.29, 1.82) is 0 Å². The first-order chi connectivity index (χ1) is 8.29. The molecule has 0 bridgehead atoms. The summed E-state index contributed by atoms with van der Waals surface area (Å²) in [6.45, 7) is 1.53. The molecule has 0 radical (unpaired) electrons. The summed E-state index contributed by atoms with van der Waals surface area (Å²) in [5, 5.41) is 3.56. The quantitative estimate of drug-likeness (QED) is 0.605. The Labute approximate surface area is 104 Å². The molecule has 90 valence electrons. The van der Waals surface area contributed by atoms with E-state index in [9.17, 15) is 0 Å². The molecule has 17 heavy (non-hydrogen) atoms. The fourth-order valence-corrected chi connectivity index (χ4v) is 2.60. The Bertz CT molecular complexity index is 419. The van der Waals surface area contributed by atoms with E-state index in [0.717, 1.165) is 32.2 Å². The monoisotopic (exact) mass is 228 g/mol. The maximum atomic E-state index is 5.96. The standard InChI is InChI=1S/C15H20N2/c1-2-3-10-17-15(12-16)9-8-13-6-4-5-7-14(13)11-15/h1,4-7,17H,3,8-12,16H2. The number of terminal acetylenes is 1. The SMILES string of the molecule is C#CCCNC1(CN)CCc2ccccc2C1. The number of hydrogen-bond acceptors (Lipinski definition) is 2. The fourth-order valence-electron chi connectivity index (χ4n) is 2.60. The minimum Gasteiger partial charge on any atom is -0.329 e. The summed E-state index contributed by atoms with van der Waals surface area (Å²) in [4.78, 5) is 0. The average Bonchev–Trinajstić information content (AvgIpc) is 2.39. The van der Waals surface area contributed by atoms with Gasteiger partial charge in [0.15, 0.2) is 0 Å². The van der Waals surface area contributed by atoms with E-state index in [-0.39, 0.29) is 5.54 Å². The van der Waals surface area contributed by atoms with E-state index in [1.54, 1.807) is 0 Å². The molecule has 1 aliphatic carbocycles. The van der Waals surface area contributed by atoms with E-state index >= 15 is 0 Å². The summed E-state index contributed by atoms with van der Waals surface area (Å²) in [6, 6.07) is 8.64. The highest BCUT2D eigenvalue weighted by molar-refractivity contribution is 5.32. The van der Waals surface area contributed by atoms with Gasteiger partial charge < -0.3 is 11.1 Å². The Balaban J connectivity index is 2.09. The average molecular weight is 228 g/mol. The second-order valence-corrected chi connectivity index (χ2v) is 4.81. The van der Waals surface area contributed by atoms with Crippen LogP contribution in [0.5, 0.6) is 0 Å². The molecule has 1 aliphatic rings. The van der Waals surface area contributed by atoms with E-state index < -0.39 is 0 Å². The maximum absolute atomic E-state index is 5.96. The summed E-state index contributed by atoms with van der Waals surface area (Å²) in [5.41, 5.74) is 8.91. The highest BCUT2D eigenvalue weighted by Gasteiger charge is 2.32. The first kappa shape index (κ1) is 12.2. The molecule has 1 unspecified atom stereocenters. The number of nitrogens with two attached hydrogens (primary N) is 1. The molecule has 0 saturated heterocycles. The normalized spacial score (nSPS) is 22.8.